The number of sulfone groups is 1. The Balaban J connectivity index is 1.64. The number of nitrogens with zero attached hydrogens (tertiary/aromatic N) is 5. The first-order valence-electron chi connectivity index (χ1n) is 12.0. The summed E-state index contributed by atoms with van der Waals surface area (Å²) >= 11 is 0. The largest absolute Gasteiger partial charge is 0.381 e. The molecule has 0 aliphatic carbocycles. The average molecular weight is 494 g/mol. The van der Waals surface area contributed by atoms with Crippen LogP contribution in [-0.4, -0.2) is 64.3 Å². The molecule has 0 N–H and O–H groups in total. The summed E-state index contributed by atoms with van der Waals surface area (Å²) in [4.78, 5) is 8.69. The third-order valence-electron chi connectivity index (χ3n) is 6.40. The normalized spacial score (nSPS) is 21.7. The molecule has 0 radical (unpaired) electrons. The van der Waals surface area contributed by atoms with E-state index in [1.165, 1.54) is 0 Å². The van der Waals surface area contributed by atoms with E-state index in [-0.39, 0.29) is 24.0 Å². The van der Waals surface area contributed by atoms with Gasteiger partial charge in [-0.25, -0.2) is 8.42 Å². The van der Waals surface area contributed by atoms with Crippen LogP contribution in [0.25, 0.3) is 0 Å². The van der Waals surface area contributed by atoms with Crippen LogP contribution in [0.2, 0.25) is 0 Å². The second-order valence-electron chi connectivity index (χ2n) is 9.39. The van der Waals surface area contributed by atoms with Crippen molar-refractivity contribution in [2.75, 3.05) is 19.8 Å². The van der Waals surface area contributed by atoms with Crippen molar-refractivity contribution in [3.05, 3.63) is 35.4 Å². The van der Waals surface area contributed by atoms with Gasteiger partial charge in [0.05, 0.1) is 28.9 Å². The first-order chi connectivity index (χ1) is 16.3. The molecule has 0 unspecified atom stereocenters. The van der Waals surface area contributed by atoms with E-state index < -0.39 is 21.2 Å². The molecular formula is C23H35N5O5S. The second-order valence-corrected chi connectivity index (χ2v) is 11.7. The van der Waals surface area contributed by atoms with Crippen molar-refractivity contribution in [2.24, 2.45) is 0 Å². The standard InChI is InChI=1S/C23H35N5O5S/c1-15(2)33-22(19-13-24-16(3)12-25-19)17(4)34(29,30)14-21-26-27-23(20-6-5-9-32-20)28(21)18-7-10-31-11-8-18/h12-13,15,17-18,20,22H,5-11,14H2,1-4H3/t17-,20-,22+/m0/s1. The third kappa shape index (κ3) is 5.64. The lowest BCUT2D eigenvalue weighted by molar-refractivity contribution is 0.00382. The van der Waals surface area contributed by atoms with Gasteiger partial charge in [0.25, 0.3) is 0 Å². The molecule has 188 valence electrons. The molecule has 4 rings (SSSR count). The maximum Gasteiger partial charge on any atom is 0.163 e. The van der Waals surface area contributed by atoms with E-state index in [9.17, 15) is 8.42 Å². The minimum Gasteiger partial charge on any atom is -0.381 e. The fourth-order valence-electron chi connectivity index (χ4n) is 4.54. The van der Waals surface area contributed by atoms with Gasteiger partial charge < -0.3 is 18.8 Å². The molecule has 4 heterocycles. The summed E-state index contributed by atoms with van der Waals surface area (Å²) in [7, 11) is -3.68. The minimum atomic E-state index is -3.68. The highest BCUT2D eigenvalue weighted by Crippen LogP contribution is 2.34. The van der Waals surface area contributed by atoms with E-state index in [1.807, 2.05) is 25.3 Å². The van der Waals surface area contributed by atoms with Gasteiger partial charge in [-0.3, -0.25) is 9.97 Å². The van der Waals surface area contributed by atoms with Gasteiger partial charge in [-0.05, 0) is 53.4 Å². The molecule has 0 bridgehead atoms. The van der Waals surface area contributed by atoms with E-state index in [0.29, 0.717) is 31.3 Å². The fourth-order valence-corrected chi connectivity index (χ4v) is 5.94. The van der Waals surface area contributed by atoms with Crippen molar-refractivity contribution < 1.29 is 22.6 Å². The quantitative estimate of drug-likeness (QED) is 0.519. The van der Waals surface area contributed by atoms with Crippen molar-refractivity contribution in [1.82, 2.24) is 24.7 Å². The molecule has 0 amide bonds. The lowest BCUT2D eigenvalue weighted by Gasteiger charge is -2.28. The number of ether oxygens (including phenoxy) is 3. The third-order valence-corrected chi connectivity index (χ3v) is 8.44. The summed E-state index contributed by atoms with van der Waals surface area (Å²) in [5, 5.41) is 7.91. The van der Waals surface area contributed by atoms with Gasteiger partial charge in [-0.2, -0.15) is 0 Å². The van der Waals surface area contributed by atoms with Crippen LogP contribution in [0.5, 0.6) is 0 Å². The van der Waals surface area contributed by atoms with Crippen LogP contribution in [-0.2, 0) is 29.8 Å². The molecule has 11 heteroatoms. The minimum absolute atomic E-state index is 0.0918. The lowest BCUT2D eigenvalue weighted by Crippen LogP contribution is -2.32. The summed E-state index contributed by atoms with van der Waals surface area (Å²) in [5.74, 6) is 0.937. The Kier molecular flexibility index (Phi) is 7.96. The van der Waals surface area contributed by atoms with Gasteiger partial charge in [-0.15, -0.1) is 10.2 Å². The Bertz CT molecular complexity index is 1040. The van der Waals surface area contributed by atoms with Gasteiger partial charge >= 0.3 is 0 Å². The van der Waals surface area contributed by atoms with E-state index in [2.05, 4.69) is 20.2 Å². The molecule has 2 aromatic rings. The van der Waals surface area contributed by atoms with Gasteiger partial charge in [0.1, 0.15) is 23.8 Å². The van der Waals surface area contributed by atoms with E-state index in [4.69, 9.17) is 14.2 Å². The summed E-state index contributed by atoms with van der Waals surface area (Å²) < 4.78 is 46.8. The number of hydrogen-bond acceptors (Lipinski definition) is 9. The molecule has 2 fully saturated rings. The molecule has 34 heavy (non-hydrogen) atoms. The van der Waals surface area contributed by atoms with Crippen molar-refractivity contribution in [3.63, 3.8) is 0 Å². The zero-order valence-electron chi connectivity index (χ0n) is 20.4. The molecule has 10 nitrogen and oxygen atoms in total. The molecule has 2 aliphatic rings. The number of hydrogen-bond donors (Lipinski definition) is 0. The Morgan fingerprint density at radius 2 is 1.85 bits per heavy atom. The number of aromatic nitrogens is 5. The Morgan fingerprint density at radius 3 is 2.47 bits per heavy atom. The Hall–Kier alpha value is -1.95. The first kappa shape index (κ1) is 25.2. The molecule has 0 saturated carbocycles. The van der Waals surface area contributed by atoms with E-state index in [1.54, 1.807) is 19.3 Å². The van der Waals surface area contributed by atoms with Gasteiger partial charge in [0, 0.05) is 32.1 Å². The summed E-state index contributed by atoms with van der Waals surface area (Å²) in [5.41, 5.74) is 1.26. The summed E-state index contributed by atoms with van der Waals surface area (Å²) in [6, 6.07) is 0.0918. The highest BCUT2D eigenvalue weighted by atomic mass is 32.2. The van der Waals surface area contributed by atoms with Crippen LogP contribution in [0.3, 0.4) is 0 Å². The van der Waals surface area contributed by atoms with Crippen LogP contribution in [0, 0.1) is 6.92 Å². The van der Waals surface area contributed by atoms with E-state index in [0.717, 1.165) is 37.2 Å². The van der Waals surface area contributed by atoms with Gasteiger partial charge in [0.2, 0.25) is 0 Å². The van der Waals surface area contributed by atoms with Crippen LogP contribution >= 0.6 is 0 Å². The maximum atomic E-state index is 13.7. The van der Waals surface area contributed by atoms with Crippen molar-refractivity contribution >= 4 is 9.84 Å². The number of aryl methyl sites for hydroxylation is 1. The van der Waals surface area contributed by atoms with Crippen LogP contribution < -0.4 is 0 Å². The van der Waals surface area contributed by atoms with Crippen LogP contribution in [0.4, 0.5) is 0 Å². The topological polar surface area (TPSA) is 118 Å². The Morgan fingerprint density at radius 1 is 1.09 bits per heavy atom. The van der Waals surface area contributed by atoms with Crippen molar-refractivity contribution in [1.29, 1.82) is 0 Å². The lowest BCUT2D eigenvalue weighted by atomic mass is 10.1. The first-order valence-corrected chi connectivity index (χ1v) is 13.8. The molecule has 2 aliphatic heterocycles. The maximum absolute atomic E-state index is 13.7. The van der Waals surface area contributed by atoms with Crippen molar-refractivity contribution in [3.8, 4) is 0 Å². The predicted molar refractivity (Wildman–Crippen MR) is 125 cm³/mol. The van der Waals surface area contributed by atoms with E-state index >= 15 is 0 Å². The molecule has 0 spiro atoms. The van der Waals surface area contributed by atoms with Gasteiger partial charge in [0.15, 0.2) is 15.7 Å². The second kappa shape index (κ2) is 10.8. The highest BCUT2D eigenvalue weighted by Gasteiger charge is 2.37. The molecule has 2 aromatic heterocycles. The van der Waals surface area contributed by atoms with Crippen LogP contribution in [0.1, 0.15) is 87.7 Å². The summed E-state index contributed by atoms with van der Waals surface area (Å²) in [6.07, 6.45) is 5.55. The summed E-state index contributed by atoms with van der Waals surface area (Å²) in [6.45, 7) is 9.21. The highest BCUT2D eigenvalue weighted by molar-refractivity contribution is 7.91. The zero-order chi connectivity index (χ0) is 24.3. The van der Waals surface area contributed by atoms with Gasteiger partial charge in [-0.1, -0.05) is 0 Å². The zero-order valence-corrected chi connectivity index (χ0v) is 21.2. The SMILES string of the molecule is Cc1cnc([C@H](OC(C)C)[C@H](C)S(=O)(=O)Cc2nnc([C@@H]3CCCO3)n2C2CCOCC2)cn1. The smallest absolute Gasteiger partial charge is 0.163 e. The fraction of sp³-hybridized carbons (Fsp3) is 0.739. The molecule has 0 aromatic carbocycles. The molecular weight excluding hydrogens is 458 g/mol. The Labute approximate surface area is 201 Å². The number of rotatable bonds is 9. The molecule has 3 atom stereocenters. The van der Waals surface area contributed by atoms with Crippen molar-refractivity contribution in [2.45, 2.75) is 88.7 Å². The monoisotopic (exact) mass is 493 g/mol. The average Bonchev–Trinajstić information content (AvgIpc) is 3.48. The predicted octanol–water partition coefficient (Wildman–Crippen LogP) is 3.05. The molecule has 2 saturated heterocycles. The van der Waals surface area contributed by atoms with Crippen LogP contribution in [0.15, 0.2) is 12.4 Å².